The zero-order valence-electron chi connectivity index (χ0n) is 41.8. The average molecular weight is 1000 g/mol. The number of rotatable bonds is 17. The Kier molecular flexibility index (Phi) is 15.0. The SMILES string of the molecule is COC(=O)NC(C(=O)N1CCCC1c1ncc(-c2cc(F)c3c(c2)OC(c2cccc(OCCOCCO)c2)n2c-3cc3cc(-c4cnc(C5CCCN5C(=O)C(NC(=O)OC)C(C)C)[nH]4)ccc32)[nH]1)C(C)C. The van der Waals surface area contributed by atoms with Gasteiger partial charge in [0.2, 0.25) is 18.0 Å². The van der Waals surface area contributed by atoms with Gasteiger partial charge in [-0.2, -0.15) is 0 Å². The number of carbonyl (C=O) groups is 4. The molecule has 0 saturated carbocycles. The molecule has 20 heteroatoms. The minimum absolute atomic E-state index is 0.0900. The lowest BCUT2D eigenvalue weighted by Crippen LogP contribution is -2.51. The topological polar surface area (TPSA) is 227 Å². The van der Waals surface area contributed by atoms with Gasteiger partial charge < -0.3 is 63.8 Å². The molecule has 2 fully saturated rings. The number of fused-ring (bicyclic) bond motifs is 5. The Morgan fingerprint density at radius 3 is 1.99 bits per heavy atom. The van der Waals surface area contributed by atoms with Gasteiger partial charge in [-0.05, 0) is 80.0 Å². The number of nitrogens with one attached hydrogen (secondary N) is 4. The molecule has 0 aliphatic carbocycles. The number of ether oxygens (including phenoxy) is 5. The van der Waals surface area contributed by atoms with Crippen molar-refractivity contribution >= 4 is 34.9 Å². The molecule has 6 aromatic rings. The largest absolute Gasteiger partial charge is 0.491 e. The van der Waals surface area contributed by atoms with Crippen LogP contribution in [-0.4, -0.2) is 129 Å². The summed E-state index contributed by atoms with van der Waals surface area (Å²) in [5.41, 5.74) is 4.94. The number of benzene rings is 3. The van der Waals surface area contributed by atoms with Crippen LogP contribution in [0.2, 0.25) is 0 Å². The van der Waals surface area contributed by atoms with E-state index >= 15 is 4.39 Å². The number of imidazole rings is 2. The number of aromatic amines is 2. The number of alkyl carbamates (subject to hydrolysis) is 2. The van der Waals surface area contributed by atoms with Gasteiger partial charge in [0.25, 0.3) is 0 Å². The van der Waals surface area contributed by atoms with E-state index in [2.05, 4.69) is 20.6 Å². The van der Waals surface area contributed by atoms with Gasteiger partial charge in [-0.3, -0.25) is 9.59 Å². The number of aliphatic hydroxyl groups is 1. The van der Waals surface area contributed by atoms with Crippen LogP contribution in [0.4, 0.5) is 14.0 Å². The number of carbonyl (C=O) groups excluding carboxylic acids is 4. The van der Waals surface area contributed by atoms with Crippen LogP contribution >= 0.6 is 0 Å². The van der Waals surface area contributed by atoms with Gasteiger partial charge in [0, 0.05) is 35.2 Å². The highest BCUT2D eigenvalue weighted by Crippen LogP contribution is 2.48. The highest BCUT2D eigenvalue weighted by Gasteiger charge is 2.40. The summed E-state index contributed by atoms with van der Waals surface area (Å²) in [7, 11) is 2.53. The predicted molar refractivity (Wildman–Crippen MR) is 267 cm³/mol. The summed E-state index contributed by atoms with van der Waals surface area (Å²) in [6.07, 6.45) is 4.10. The van der Waals surface area contributed by atoms with Gasteiger partial charge >= 0.3 is 12.2 Å². The number of aromatic nitrogens is 5. The first-order valence-corrected chi connectivity index (χ1v) is 24.8. The maximum Gasteiger partial charge on any atom is 0.407 e. The number of likely N-dealkylation sites (tertiary alicyclic amines) is 2. The second-order valence-corrected chi connectivity index (χ2v) is 19.2. The summed E-state index contributed by atoms with van der Waals surface area (Å²) in [6, 6.07) is 16.4. The summed E-state index contributed by atoms with van der Waals surface area (Å²) in [6.45, 7) is 9.12. The van der Waals surface area contributed by atoms with Crippen molar-refractivity contribution in [3.63, 3.8) is 0 Å². The van der Waals surface area contributed by atoms with Crippen LogP contribution in [0.1, 0.15) is 88.9 Å². The summed E-state index contributed by atoms with van der Waals surface area (Å²) in [5.74, 6) is 0.716. The first kappa shape index (κ1) is 50.5. The van der Waals surface area contributed by atoms with Crippen LogP contribution in [0, 0.1) is 17.7 Å². The lowest BCUT2D eigenvalue weighted by Gasteiger charge is -2.31. The molecule has 6 heterocycles. The standard InChI is InChI=1S/C53H62FN9O10/c1-29(2)45(59-52(67)69-5)49(65)61-16-8-12-40(61)47-55-27-37(57-47)31-14-15-39-34(22-31)25-42-44-36(54)24-33(26-43(44)73-51(63(39)42)32-10-7-11-35(23-32)72-21-20-71-19-18-64)38-28-56-48(58-38)41-13-9-17-62(41)50(66)46(30(3)4)60-53(68)70-6/h7,10-11,14-15,22-30,40-41,45-46,51,64H,8-9,12-13,16-21H2,1-6H3,(H,55,57)(H,56,58)(H,59,67)(H,60,68). The number of nitrogens with zero attached hydrogens (tertiary/aromatic N) is 5. The molecule has 0 bridgehead atoms. The molecule has 73 heavy (non-hydrogen) atoms. The smallest absolute Gasteiger partial charge is 0.407 e. The number of hydrogen-bond donors (Lipinski definition) is 5. The third kappa shape index (κ3) is 10.3. The second-order valence-electron chi connectivity index (χ2n) is 19.2. The van der Waals surface area contributed by atoms with Crippen molar-refractivity contribution in [1.82, 2.24) is 44.9 Å². The molecule has 386 valence electrons. The fourth-order valence-corrected chi connectivity index (χ4v) is 10.2. The van der Waals surface area contributed by atoms with E-state index in [1.165, 1.54) is 20.3 Å². The molecule has 5 N–H and O–H groups in total. The number of methoxy groups -OCH3 is 2. The lowest BCUT2D eigenvalue weighted by atomic mass is 10.0. The Bertz CT molecular complexity index is 2990. The maximum atomic E-state index is 17.0. The van der Waals surface area contributed by atoms with Crippen molar-refractivity contribution in [2.24, 2.45) is 11.8 Å². The summed E-state index contributed by atoms with van der Waals surface area (Å²) >= 11 is 0. The summed E-state index contributed by atoms with van der Waals surface area (Å²) in [4.78, 5) is 71.8. The van der Waals surface area contributed by atoms with Crippen molar-refractivity contribution in [2.75, 3.05) is 53.7 Å². The number of hydrogen-bond acceptors (Lipinski definition) is 12. The Morgan fingerprint density at radius 1 is 0.781 bits per heavy atom. The van der Waals surface area contributed by atoms with Gasteiger partial charge in [0.1, 0.15) is 47.7 Å². The summed E-state index contributed by atoms with van der Waals surface area (Å²) in [5, 5.41) is 15.3. The van der Waals surface area contributed by atoms with E-state index in [1.807, 2.05) is 80.8 Å². The number of H-pyrrole nitrogens is 2. The zero-order chi connectivity index (χ0) is 51.5. The molecular formula is C53H62FN9O10. The predicted octanol–water partition coefficient (Wildman–Crippen LogP) is 7.64. The van der Waals surface area contributed by atoms with Crippen molar-refractivity contribution < 1.29 is 52.4 Å². The fourth-order valence-electron chi connectivity index (χ4n) is 10.2. The quantitative estimate of drug-likeness (QED) is 0.0556. The third-order valence-corrected chi connectivity index (χ3v) is 13.8. The lowest BCUT2D eigenvalue weighted by molar-refractivity contribution is -0.136. The molecular weight excluding hydrogens is 942 g/mol. The average Bonchev–Trinajstić information content (AvgIpc) is 4.26. The highest BCUT2D eigenvalue weighted by molar-refractivity contribution is 5.93. The first-order chi connectivity index (χ1) is 35.3. The summed E-state index contributed by atoms with van der Waals surface area (Å²) < 4.78 is 46.9. The van der Waals surface area contributed by atoms with E-state index in [-0.39, 0.29) is 61.7 Å². The van der Waals surface area contributed by atoms with E-state index < -0.39 is 42.4 Å². The normalized spacial score (nSPS) is 18.1. The minimum Gasteiger partial charge on any atom is -0.491 e. The third-order valence-electron chi connectivity index (χ3n) is 13.8. The van der Waals surface area contributed by atoms with E-state index in [4.69, 9.17) is 38.8 Å². The Morgan fingerprint density at radius 2 is 1.40 bits per heavy atom. The first-order valence-electron chi connectivity index (χ1n) is 24.8. The molecule has 19 nitrogen and oxygen atoms in total. The van der Waals surface area contributed by atoms with Gasteiger partial charge in [-0.15, -0.1) is 0 Å². The minimum atomic E-state index is -0.796. The Labute approximate surface area is 421 Å². The maximum absolute atomic E-state index is 17.0. The molecule has 3 aliphatic rings. The van der Waals surface area contributed by atoms with Crippen molar-refractivity contribution in [2.45, 2.75) is 83.8 Å². The fraction of sp³-hybridized carbons (Fsp3) is 0.434. The van der Waals surface area contributed by atoms with Crippen LogP contribution in [0.5, 0.6) is 11.5 Å². The molecule has 5 unspecified atom stereocenters. The van der Waals surface area contributed by atoms with Crippen LogP contribution < -0.4 is 20.1 Å². The molecule has 0 radical (unpaired) electrons. The number of amides is 4. The molecule has 3 aromatic heterocycles. The van der Waals surface area contributed by atoms with Gasteiger partial charge in [-0.1, -0.05) is 45.9 Å². The molecule has 3 aromatic carbocycles. The zero-order valence-corrected chi connectivity index (χ0v) is 41.8. The van der Waals surface area contributed by atoms with Gasteiger partial charge in [-0.25, -0.2) is 23.9 Å². The monoisotopic (exact) mass is 1000 g/mol. The molecule has 2 saturated heterocycles. The second kappa shape index (κ2) is 21.7. The van der Waals surface area contributed by atoms with Crippen molar-refractivity contribution in [3.05, 3.63) is 96.1 Å². The van der Waals surface area contributed by atoms with Crippen molar-refractivity contribution in [1.29, 1.82) is 0 Å². The van der Waals surface area contributed by atoms with Crippen molar-refractivity contribution in [3.8, 4) is 45.3 Å². The molecule has 5 atom stereocenters. The number of halogens is 1. The molecule has 3 aliphatic heterocycles. The molecule has 4 amide bonds. The number of aliphatic hydroxyl groups excluding tert-OH is 1. The van der Waals surface area contributed by atoms with E-state index in [9.17, 15) is 19.2 Å². The Balaban J connectivity index is 1.04. The van der Waals surface area contributed by atoms with E-state index in [0.29, 0.717) is 66.0 Å². The van der Waals surface area contributed by atoms with Gasteiger partial charge in [0.15, 0.2) is 0 Å². The Hall–Kier alpha value is -7.45. The van der Waals surface area contributed by atoms with Crippen LogP contribution in [0.3, 0.4) is 0 Å². The molecule has 9 rings (SSSR count). The van der Waals surface area contributed by atoms with E-state index in [0.717, 1.165) is 40.6 Å². The van der Waals surface area contributed by atoms with Crippen LogP contribution in [-0.2, 0) is 23.8 Å². The van der Waals surface area contributed by atoms with Gasteiger partial charge in [0.05, 0.1) is 86.7 Å². The van der Waals surface area contributed by atoms with Crippen LogP contribution in [0.15, 0.2) is 73.1 Å². The van der Waals surface area contributed by atoms with E-state index in [1.54, 1.807) is 28.3 Å². The highest BCUT2D eigenvalue weighted by atomic mass is 19.1. The van der Waals surface area contributed by atoms with Crippen LogP contribution in [0.25, 0.3) is 44.7 Å². The molecule has 0 spiro atoms.